The minimum atomic E-state index is -0.573. The first kappa shape index (κ1) is 27.7. The fourth-order valence-electron chi connectivity index (χ4n) is 4.28. The summed E-state index contributed by atoms with van der Waals surface area (Å²) < 4.78 is 27.1. The normalized spacial score (nSPS) is 10.7. The van der Waals surface area contributed by atoms with E-state index < -0.39 is 5.91 Å². The molecule has 0 unspecified atom stereocenters. The van der Waals surface area contributed by atoms with E-state index in [-0.39, 0.29) is 0 Å². The highest BCUT2D eigenvalue weighted by atomic mass is 32.2. The summed E-state index contributed by atoms with van der Waals surface area (Å²) in [6, 6.07) is 17.1. The molecule has 0 aliphatic heterocycles. The Morgan fingerprint density at radius 1 is 0.821 bits per heavy atom. The number of ether oxygens (including phenoxy) is 5. The molecule has 0 aliphatic carbocycles. The van der Waals surface area contributed by atoms with E-state index >= 15 is 0 Å². The Balaban J connectivity index is 1.66. The molecule has 0 saturated heterocycles. The first-order valence-electron chi connectivity index (χ1n) is 12.1. The zero-order valence-electron chi connectivity index (χ0n) is 22.5. The highest BCUT2D eigenvalue weighted by molar-refractivity contribution is 7.99. The molecule has 0 radical (unpaired) electrons. The topological polar surface area (TPSA) is 118 Å². The third kappa shape index (κ3) is 5.91. The number of rotatable bonds is 12. The van der Waals surface area contributed by atoms with E-state index in [2.05, 4.69) is 4.98 Å². The zero-order chi connectivity index (χ0) is 27.9. The number of benzene rings is 3. The number of carbonyl (C=O) groups excluding carboxylic acids is 1. The lowest BCUT2D eigenvalue weighted by molar-refractivity contribution is 0.0998. The number of thioether (sulfide) groups is 1. The summed E-state index contributed by atoms with van der Waals surface area (Å²) in [6.45, 7) is 0. The molecule has 0 atom stereocenters. The maximum atomic E-state index is 12.3. The molecular weight excluding hydrogens is 518 g/mol. The fourth-order valence-corrected chi connectivity index (χ4v) is 5.11. The molecule has 4 aromatic rings. The standard InChI is InChI=1S/C29H31N3O6S/c1-34-19-10-6-17(7-11-19)24-25(18-8-12-20(35-2)13-9-18)32-29(31-24)39-15-14-21-22(28(30)33)16-23(36-3)27(38-5)26(21)37-4/h6-13,16H,14-15H2,1-5H3,(H2,30,33)(H,31,32). The van der Waals surface area contributed by atoms with Crippen molar-refractivity contribution in [3.63, 3.8) is 0 Å². The predicted octanol–water partition coefficient (Wildman–Crippen LogP) is 5.22. The summed E-state index contributed by atoms with van der Waals surface area (Å²) in [5.74, 6) is 2.76. The van der Waals surface area contributed by atoms with Crippen molar-refractivity contribution in [2.75, 3.05) is 41.3 Å². The Morgan fingerprint density at radius 3 is 1.92 bits per heavy atom. The first-order chi connectivity index (χ1) is 18.9. The molecule has 1 aromatic heterocycles. The van der Waals surface area contributed by atoms with E-state index in [1.807, 2.05) is 48.5 Å². The van der Waals surface area contributed by atoms with E-state index in [1.165, 1.54) is 33.1 Å². The number of amides is 1. The SMILES string of the molecule is COc1ccc(-c2nc(SCCc3c(C(N)=O)cc(OC)c(OC)c3OC)[nH]c2-c2ccc(OC)cc2)cc1. The molecular formula is C29H31N3O6S. The highest BCUT2D eigenvalue weighted by Crippen LogP contribution is 2.43. The van der Waals surface area contributed by atoms with Crippen LogP contribution in [-0.2, 0) is 6.42 Å². The minimum Gasteiger partial charge on any atom is -0.497 e. The van der Waals surface area contributed by atoms with Crippen LogP contribution in [0, 0.1) is 0 Å². The Hall–Kier alpha value is -4.31. The van der Waals surface area contributed by atoms with Gasteiger partial charge in [0, 0.05) is 28.0 Å². The number of hydrogen-bond acceptors (Lipinski definition) is 8. The van der Waals surface area contributed by atoms with Crippen LogP contribution in [0.4, 0.5) is 0 Å². The van der Waals surface area contributed by atoms with Crippen LogP contribution in [0.25, 0.3) is 22.5 Å². The van der Waals surface area contributed by atoms with Gasteiger partial charge in [0.2, 0.25) is 11.7 Å². The van der Waals surface area contributed by atoms with Gasteiger partial charge in [-0.3, -0.25) is 4.79 Å². The zero-order valence-corrected chi connectivity index (χ0v) is 23.3. The molecule has 204 valence electrons. The lowest BCUT2D eigenvalue weighted by Gasteiger charge is -2.18. The van der Waals surface area contributed by atoms with Crippen molar-refractivity contribution in [2.24, 2.45) is 5.73 Å². The molecule has 3 N–H and O–H groups in total. The number of hydrogen-bond donors (Lipinski definition) is 2. The van der Waals surface area contributed by atoms with Gasteiger partial charge in [-0.25, -0.2) is 4.98 Å². The molecule has 10 heteroatoms. The lowest BCUT2D eigenvalue weighted by atomic mass is 10.0. The number of primary amides is 1. The molecule has 0 bridgehead atoms. The average molecular weight is 550 g/mol. The second-order valence-corrected chi connectivity index (χ2v) is 9.44. The highest BCUT2D eigenvalue weighted by Gasteiger charge is 2.23. The summed E-state index contributed by atoms with van der Waals surface area (Å²) in [5.41, 5.74) is 10.3. The Morgan fingerprint density at radius 2 is 1.41 bits per heavy atom. The van der Waals surface area contributed by atoms with Gasteiger partial charge in [-0.05, 0) is 61.0 Å². The third-order valence-corrected chi connectivity index (χ3v) is 7.09. The number of aromatic amines is 1. The fraction of sp³-hybridized carbons (Fsp3) is 0.241. The van der Waals surface area contributed by atoms with Gasteiger partial charge in [-0.2, -0.15) is 0 Å². The summed E-state index contributed by atoms with van der Waals surface area (Å²) in [4.78, 5) is 20.7. The maximum Gasteiger partial charge on any atom is 0.249 e. The van der Waals surface area contributed by atoms with E-state index in [0.29, 0.717) is 40.5 Å². The van der Waals surface area contributed by atoms with Crippen molar-refractivity contribution < 1.29 is 28.5 Å². The van der Waals surface area contributed by atoms with E-state index in [4.69, 9.17) is 34.4 Å². The smallest absolute Gasteiger partial charge is 0.249 e. The van der Waals surface area contributed by atoms with Crippen LogP contribution in [0.5, 0.6) is 28.7 Å². The molecule has 1 heterocycles. The number of nitrogens with two attached hydrogens (primary N) is 1. The van der Waals surface area contributed by atoms with Gasteiger partial charge in [0.05, 0.1) is 46.9 Å². The van der Waals surface area contributed by atoms with Gasteiger partial charge in [0.1, 0.15) is 11.5 Å². The number of H-pyrrole nitrogens is 1. The van der Waals surface area contributed by atoms with Crippen LogP contribution in [0.1, 0.15) is 15.9 Å². The van der Waals surface area contributed by atoms with Crippen molar-refractivity contribution in [2.45, 2.75) is 11.6 Å². The molecule has 4 rings (SSSR count). The van der Waals surface area contributed by atoms with Crippen molar-refractivity contribution in [3.8, 4) is 51.3 Å². The average Bonchev–Trinajstić information content (AvgIpc) is 3.40. The number of carbonyl (C=O) groups is 1. The first-order valence-corrected chi connectivity index (χ1v) is 13.1. The van der Waals surface area contributed by atoms with Gasteiger partial charge in [0.25, 0.3) is 0 Å². The number of nitrogens with one attached hydrogen (secondary N) is 1. The third-order valence-electron chi connectivity index (χ3n) is 6.21. The van der Waals surface area contributed by atoms with Crippen molar-refractivity contribution >= 4 is 17.7 Å². The Kier molecular flexibility index (Phi) is 8.88. The van der Waals surface area contributed by atoms with Crippen LogP contribution in [-0.4, -0.2) is 57.2 Å². The van der Waals surface area contributed by atoms with Gasteiger partial charge >= 0.3 is 0 Å². The number of imidazole rings is 1. The van der Waals surface area contributed by atoms with Crippen LogP contribution < -0.4 is 29.4 Å². The number of methoxy groups -OCH3 is 5. The molecule has 0 spiro atoms. The molecule has 39 heavy (non-hydrogen) atoms. The molecule has 1 amide bonds. The van der Waals surface area contributed by atoms with Crippen molar-refractivity contribution in [1.82, 2.24) is 9.97 Å². The number of nitrogens with zero attached hydrogens (tertiary/aromatic N) is 1. The second-order valence-electron chi connectivity index (χ2n) is 8.36. The van der Waals surface area contributed by atoms with E-state index in [9.17, 15) is 4.79 Å². The van der Waals surface area contributed by atoms with Crippen LogP contribution in [0.2, 0.25) is 0 Å². The monoisotopic (exact) mass is 549 g/mol. The van der Waals surface area contributed by atoms with Crippen LogP contribution in [0.15, 0.2) is 59.8 Å². The molecule has 3 aromatic carbocycles. The predicted molar refractivity (Wildman–Crippen MR) is 152 cm³/mol. The van der Waals surface area contributed by atoms with Gasteiger partial charge < -0.3 is 34.4 Å². The van der Waals surface area contributed by atoms with Gasteiger partial charge in [0.15, 0.2) is 16.7 Å². The Labute approximate surface area is 231 Å². The summed E-state index contributed by atoms with van der Waals surface area (Å²) in [6.07, 6.45) is 0.475. The van der Waals surface area contributed by atoms with Crippen LogP contribution in [0.3, 0.4) is 0 Å². The lowest BCUT2D eigenvalue weighted by Crippen LogP contribution is -2.16. The van der Waals surface area contributed by atoms with E-state index in [1.54, 1.807) is 20.3 Å². The molecule has 0 saturated carbocycles. The Bertz CT molecular complexity index is 1370. The molecule has 0 aliphatic rings. The second kappa shape index (κ2) is 12.5. The van der Waals surface area contributed by atoms with Crippen molar-refractivity contribution in [3.05, 3.63) is 65.7 Å². The quantitative estimate of drug-likeness (QED) is 0.231. The summed E-state index contributed by atoms with van der Waals surface area (Å²) in [5, 5.41) is 0.728. The van der Waals surface area contributed by atoms with Crippen molar-refractivity contribution in [1.29, 1.82) is 0 Å². The summed E-state index contributed by atoms with van der Waals surface area (Å²) >= 11 is 1.52. The van der Waals surface area contributed by atoms with Gasteiger partial charge in [-0.15, -0.1) is 0 Å². The maximum absolute atomic E-state index is 12.3. The minimum absolute atomic E-state index is 0.322. The number of aromatic nitrogens is 2. The largest absolute Gasteiger partial charge is 0.497 e. The van der Waals surface area contributed by atoms with Crippen LogP contribution >= 0.6 is 11.8 Å². The van der Waals surface area contributed by atoms with E-state index in [0.717, 1.165) is 39.2 Å². The molecule has 9 nitrogen and oxygen atoms in total. The molecule has 0 fully saturated rings. The summed E-state index contributed by atoms with van der Waals surface area (Å²) in [7, 11) is 7.81. The van der Waals surface area contributed by atoms with Gasteiger partial charge in [-0.1, -0.05) is 11.8 Å².